The summed E-state index contributed by atoms with van der Waals surface area (Å²) in [6.45, 7) is 9.09. The van der Waals surface area contributed by atoms with E-state index in [4.69, 9.17) is 10.7 Å². The zero-order valence-corrected chi connectivity index (χ0v) is 9.42. The quantitative estimate of drug-likeness (QED) is 0.748. The lowest BCUT2D eigenvalue weighted by molar-refractivity contribution is 0.0960. The average molecular weight is 193 g/mol. The average Bonchev–Trinajstić information content (AvgIpc) is 2.02. The normalized spacial score (nSPS) is 11.8. The van der Waals surface area contributed by atoms with Crippen molar-refractivity contribution in [3.05, 3.63) is 34.9 Å². The molecule has 0 radical (unpaired) electrons. The van der Waals surface area contributed by atoms with E-state index in [0.717, 1.165) is 0 Å². The monoisotopic (exact) mass is 193 g/mol. The van der Waals surface area contributed by atoms with E-state index in [1.165, 1.54) is 16.7 Å². The smallest absolute Gasteiger partial charge is 0.0770 e. The molecule has 0 aliphatic rings. The van der Waals surface area contributed by atoms with Crippen LogP contribution in [0, 0.1) is 13.8 Å². The van der Waals surface area contributed by atoms with Crippen LogP contribution < -0.4 is 5.90 Å². The summed E-state index contributed by atoms with van der Waals surface area (Å²) < 4.78 is 0. The van der Waals surface area contributed by atoms with Crippen LogP contribution in [0.3, 0.4) is 0 Å². The van der Waals surface area contributed by atoms with Crippen LogP contribution in [0.2, 0.25) is 0 Å². The van der Waals surface area contributed by atoms with Gasteiger partial charge in [0.1, 0.15) is 0 Å². The van der Waals surface area contributed by atoms with Crippen LogP contribution in [0.4, 0.5) is 0 Å². The van der Waals surface area contributed by atoms with Crippen LogP contribution in [-0.4, -0.2) is 6.61 Å². The van der Waals surface area contributed by atoms with E-state index in [1.807, 2.05) is 0 Å². The second kappa shape index (κ2) is 4.11. The van der Waals surface area contributed by atoms with Gasteiger partial charge in [-0.2, -0.15) is 0 Å². The highest BCUT2D eigenvalue weighted by Gasteiger charge is 2.24. The lowest BCUT2D eigenvalue weighted by atomic mass is 9.80. The molecular weight excluding hydrogens is 174 g/mol. The van der Waals surface area contributed by atoms with Gasteiger partial charge in [-0.15, -0.1) is 0 Å². The van der Waals surface area contributed by atoms with Crippen LogP contribution in [0.25, 0.3) is 0 Å². The SMILES string of the molecule is Cc1cccc(C)c1C(C)(C)CON. The standard InChI is InChI=1S/C12H19NO/c1-9-6-5-7-10(2)11(9)12(3,4)8-14-13/h5-7H,8,13H2,1-4H3. The predicted molar refractivity (Wildman–Crippen MR) is 59.1 cm³/mol. The van der Waals surface area contributed by atoms with Crippen molar-refractivity contribution in [1.29, 1.82) is 0 Å². The molecule has 0 aliphatic heterocycles. The Hall–Kier alpha value is -0.860. The highest BCUT2D eigenvalue weighted by Crippen LogP contribution is 2.29. The zero-order valence-electron chi connectivity index (χ0n) is 9.42. The van der Waals surface area contributed by atoms with Crippen molar-refractivity contribution in [2.45, 2.75) is 33.1 Å². The van der Waals surface area contributed by atoms with Crippen LogP contribution in [0.1, 0.15) is 30.5 Å². The van der Waals surface area contributed by atoms with Crippen molar-refractivity contribution in [2.24, 2.45) is 5.90 Å². The lowest BCUT2D eigenvalue weighted by Crippen LogP contribution is -2.28. The molecule has 2 heteroatoms. The third-order valence-corrected chi connectivity index (χ3v) is 2.60. The summed E-state index contributed by atoms with van der Waals surface area (Å²) >= 11 is 0. The molecular formula is C12H19NO. The Balaban J connectivity index is 3.17. The summed E-state index contributed by atoms with van der Waals surface area (Å²) in [7, 11) is 0. The van der Waals surface area contributed by atoms with Crippen molar-refractivity contribution in [3.63, 3.8) is 0 Å². The minimum absolute atomic E-state index is 0.0236. The van der Waals surface area contributed by atoms with Gasteiger partial charge in [0.2, 0.25) is 0 Å². The number of benzene rings is 1. The summed E-state index contributed by atoms with van der Waals surface area (Å²) in [6.07, 6.45) is 0. The molecule has 0 atom stereocenters. The first-order chi connectivity index (χ1) is 6.49. The first-order valence-electron chi connectivity index (χ1n) is 4.87. The van der Waals surface area contributed by atoms with Gasteiger partial charge >= 0.3 is 0 Å². The summed E-state index contributed by atoms with van der Waals surface area (Å²) in [4.78, 5) is 4.77. The van der Waals surface area contributed by atoms with Crippen LogP contribution in [0.5, 0.6) is 0 Å². The molecule has 2 nitrogen and oxygen atoms in total. The second-order valence-electron chi connectivity index (χ2n) is 4.46. The molecule has 1 aromatic carbocycles. The molecule has 1 aromatic rings. The molecule has 1 rings (SSSR count). The molecule has 14 heavy (non-hydrogen) atoms. The fraction of sp³-hybridized carbons (Fsp3) is 0.500. The van der Waals surface area contributed by atoms with E-state index in [0.29, 0.717) is 6.61 Å². The Kier molecular flexibility index (Phi) is 3.29. The van der Waals surface area contributed by atoms with Crippen molar-refractivity contribution in [3.8, 4) is 0 Å². The molecule has 0 saturated carbocycles. The molecule has 0 fully saturated rings. The van der Waals surface area contributed by atoms with Crippen LogP contribution in [0.15, 0.2) is 18.2 Å². The summed E-state index contributed by atoms with van der Waals surface area (Å²) in [5.74, 6) is 5.15. The minimum Gasteiger partial charge on any atom is -0.304 e. The molecule has 0 heterocycles. The van der Waals surface area contributed by atoms with Gasteiger partial charge < -0.3 is 4.84 Å². The first kappa shape index (κ1) is 11.2. The first-order valence-corrected chi connectivity index (χ1v) is 4.87. The van der Waals surface area contributed by atoms with Gasteiger partial charge in [-0.1, -0.05) is 32.0 Å². The van der Waals surface area contributed by atoms with Crippen LogP contribution >= 0.6 is 0 Å². The largest absolute Gasteiger partial charge is 0.304 e. The summed E-state index contributed by atoms with van der Waals surface area (Å²) in [5, 5.41) is 0. The van der Waals surface area contributed by atoms with Gasteiger partial charge in [0, 0.05) is 5.41 Å². The third-order valence-electron chi connectivity index (χ3n) is 2.60. The Labute approximate surface area is 86.0 Å². The van der Waals surface area contributed by atoms with E-state index in [-0.39, 0.29) is 5.41 Å². The van der Waals surface area contributed by atoms with E-state index >= 15 is 0 Å². The molecule has 78 valence electrons. The molecule has 2 N–H and O–H groups in total. The number of hydrogen-bond donors (Lipinski definition) is 1. The Bertz CT molecular complexity index is 298. The number of nitrogens with two attached hydrogens (primary N) is 1. The van der Waals surface area contributed by atoms with E-state index in [2.05, 4.69) is 45.9 Å². The maximum Gasteiger partial charge on any atom is 0.0770 e. The predicted octanol–water partition coefficient (Wildman–Crippen LogP) is 2.47. The van der Waals surface area contributed by atoms with Gasteiger partial charge in [0.15, 0.2) is 0 Å². The van der Waals surface area contributed by atoms with E-state index in [1.54, 1.807) is 0 Å². The number of aryl methyl sites for hydroxylation is 2. The van der Waals surface area contributed by atoms with Crippen molar-refractivity contribution in [1.82, 2.24) is 0 Å². The van der Waals surface area contributed by atoms with Crippen LogP contribution in [-0.2, 0) is 10.3 Å². The van der Waals surface area contributed by atoms with Crippen molar-refractivity contribution in [2.75, 3.05) is 6.61 Å². The molecule has 0 aromatic heterocycles. The second-order valence-corrected chi connectivity index (χ2v) is 4.46. The lowest BCUT2D eigenvalue weighted by Gasteiger charge is -2.27. The zero-order chi connectivity index (χ0) is 10.8. The third kappa shape index (κ3) is 2.14. The van der Waals surface area contributed by atoms with Crippen molar-refractivity contribution >= 4 is 0 Å². The molecule has 0 spiro atoms. The van der Waals surface area contributed by atoms with Gasteiger partial charge in [0.05, 0.1) is 6.61 Å². The number of hydrogen-bond acceptors (Lipinski definition) is 2. The maximum absolute atomic E-state index is 5.15. The Morgan fingerprint density at radius 1 is 1.21 bits per heavy atom. The van der Waals surface area contributed by atoms with E-state index < -0.39 is 0 Å². The highest BCUT2D eigenvalue weighted by molar-refractivity contribution is 5.39. The molecule has 0 amide bonds. The fourth-order valence-corrected chi connectivity index (χ4v) is 2.16. The van der Waals surface area contributed by atoms with E-state index in [9.17, 15) is 0 Å². The molecule has 0 bridgehead atoms. The number of rotatable bonds is 3. The summed E-state index contributed by atoms with van der Waals surface area (Å²) in [6, 6.07) is 6.33. The summed E-state index contributed by atoms with van der Waals surface area (Å²) in [5.41, 5.74) is 3.91. The fourth-order valence-electron chi connectivity index (χ4n) is 2.16. The minimum atomic E-state index is -0.0236. The topological polar surface area (TPSA) is 35.2 Å². The van der Waals surface area contributed by atoms with Gasteiger partial charge in [0.25, 0.3) is 0 Å². The van der Waals surface area contributed by atoms with Gasteiger partial charge in [-0.3, -0.25) is 0 Å². The molecule has 0 saturated heterocycles. The molecule has 0 aliphatic carbocycles. The Morgan fingerprint density at radius 2 is 1.71 bits per heavy atom. The van der Waals surface area contributed by atoms with Crippen molar-refractivity contribution < 1.29 is 4.84 Å². The Morgan fingerprint density at radius 3 is 2.14 bits per heavy atom. The van der Waals surface area contributed by atoms with Gasteiger partial charge in [-0.05, 0) is 30.5 Å². The van der Waals surface area contributed by atoms with Gasteiger partial charge in [-0.25, -0.2) is 5.90 Å². The maximum atomic E-state index is 5.15. The highest BCUT2D eigenvalue weighted by atomic mass is 16.6. The molecule has 0 unspecified atom stereocenters.